The van der Waals surface area contributed by atoms with Gasteiger partial charge in [0.25, 0.3) is 10.0 Å². The summed E-state index contributed by atoms with van der Waals surface area (Å²) in [4.78, 5) is 24.9. The Morgan fingerprint density at radius 1 is 0.938 bits per heavy atom. The zero-order valence-corrected chi connectivity index (χ0v) is 18.2. The Morgan fingerprint density at radius 3 is 2.34 bits per heavy atom. The van der Waals surface area contributed by atoms with Crippen molar-refractivity contribution in [3.8, 4) is 0 Å². The zero-order chi connectivity index (χ0) is 23.0. The number of anilines is 1. The van der Waals surface area contributed by atoms with E-state index in [2.05, 4.69) is 4.72 Å². The Labute approximate surface area is 183 Å². The summed E-state index contributed by atoms with van der Waals surface area (Å²) < 4.78 is 45.2. The van der Waals surface area contributed by atoms with Crippen molar-refractivity contribution in [1.29, 1.82) is 0 Å². The third-order valence-electron chi connectivity index (χ3n) is 5.29. The number of aromatic nitrogens is 2. The lowest BCUT2D eigenvalue weighted by atomic mass is 10.0. The van der Waals surface area contributed by atoms with Crippen LogP contribution >= 0.6 is 0 Å². The normalized spacial score (nSPS) is 11.6. The van der Waals surface area contributed by atoms with Crippen molar-refractivity contribution in [2.75, 3.05) is 4.72 Å². The molecule has 7 nitrogen and oxygen atoms in total. The highest BCUT2D eigenvalue weighted by molar-refractivity contribution is 7.92. The summed E-state index contributed by atoms with van der Waals surface area (Å²) in [7, 11) is -0.968. The van der Waals surface area contributed by atoms with E-state index in [0.717, 1.165) is 17.7 Å². The van der Waals surface area contributed by atoms with Crippen molar-refractivity contribution in [2.24, 2.45) is 14.1 Å². The molecule has 0 amide bonds. The van der Waals surface area contributed by atoms with Crippen molar-refractivity contribution < 1.29 is 17.6 Å². The van der Waals surface area contributed by atoms with E-state index in [0.29, 0.717) is 11.0 Å². The van der Waals surface area contributed by atoms with Gasteiger partial charge in [0.05, 0.1) is 21.6 Å². The van der Waals surface area contributed by atoms with E-state index in [1.54, 1.807) is 38.4 Å². The molecule has 1 aromatic heterocycles. The molecule has 0 fully saturated rings. The van der Waals surface area contributed by atoms with E-state index in [1.807, 2.05) is 6.07 Å². The zero-order valence-electron chi connectivity index (χ0n) is 17.4. The number of halogens is 1. The van der Waals surface area contributed by atoms with Crippen LogP contribution in [0, 0.1) is 5.82 Å². The van der Waals surface area contributed by atoms with Crippen LogP contribution in [-0.2, 0) is 30.5 Å². The Morgan fingerprint density at radius 2 is 1.62 bits per heavy atom. The van der Waals surface area contributed by atoms with Gasteiger partial charge in [0.1, 0.15) is 5.82 Å². The van der Waals surface area contributed by atoms with Gasteiger partial charge in [-0.15, -0.1) is 0 Å². The number of benzene rings is 3. The first-order chi connectivity index (χ1) is 15.2. The first kappa shape index (κ1) is 21.5. The van der Waals surface area contributed by atoms with Crippen molar-refractivity contribution >= 4 is 32.5 Å². The number of fused-ring (bicyclic) bond motifs is 1. The molecule has 0 bridgehead atoms. The first-order valence-corrected chi connectivity index (χ1v) is 11.2. The molecule has 1 heterocycles. The summed E-state index contributed by atoms with van der Waals surface area (Å²) in [5, 5.41) is 0. The van der Waals surface area contributed by atoms with Crippen LogP contribution in [0.3, 0.4) is 0 Å². The van der Waals surface area contributed by atoms with Crippen LogP contribution in [0.5, 0.6) is 0 Å². The molecule has 4 rings (SSSR count). The lowest BCUT2D eigenvalue weighted by Crippen LogP contribution is -2.19. The predicted octanol–water partition coefficient (Wildman–Crippen LogP) is 3.24. The number of aryl methyl sites for hydroxylation is 2. The number of rotatable bonds is 6. The van der Waals surface area contributed by atoms with Gasteiger partial charge in [0.15, 0.2) is 5.78 Å². The highest BCUT2D eigenvalue weighted by Gasteiger charge is 2.21. The molecule has 0 saturated heterocycles. The predicted molar refractivity (Wildman–Crippen MR) is 120 cm³/mol. The van der Waals surface area contributed by atoms with Crippen LogP contribution in [0.15, 0.2) is 76.4 Å². The molecule has 0 saturated carbocycles. The Balaban J connectivity index is 1.71. The number of sulfonamides is 1. The Hall–Kier alpha value is -3.72. The van der Waals surface area contributed by atoms with Crippen molar-refractivity contribution in [1.82, 2.24) is 9.13 Å². The molecule has 0 spiro atoms. The van der Waals surface area contributed by atoms with Gasteiger partial charge in [-0.3, -0.25) is 18.7 Å². The summed E-state index contributed by atoms with van der Waals surface area (Å²) >= 11 is 0. The fraction of sp³-hybridized carbons (Fsp3) is 0.130. The first-order valence-electron chi connectivity index (χ1n) is 9.72. The van der Waals surface area contributed by atoms with Gasteiger partial charge < -0.3 is 0 Å². The van der Waals surface area contributed by atoms with Crippen LogP contribution in [0.1, 0.15) is 15.9 Å². The van der Waals surface area contributed by atoms with Gasteiger partial charge >= 0.3 is 5.69 Å². The monoisotopic (exact) mass is 453 g/mol. The molecule has 164 valence electrons. The summed E-state index contributed by atoms with van der Waals surface area (Å²) in [5.74, 6) is -1.07. The van der Waals surface area contributed by atoms with Crippen LogP contribution in [0.25, 0.3) is 11.0 Å². The standard InChI is InChI=1S/C23H20FN3O4S/c1-26-20-11-9-17(14-21(20)27(2)23(26)29)32(30,31)25-19-10-8-16(24)13-18(19)22(28)12-15-6-4-3-5-7-15/h3-11,13-14,25H,12H2,1-2H3. The molecule has 0 radical (unpaired) electrons. The minimum atomic E-state index is -4.12. The lowest BCUT2D eigenvalue weighted by Gasteiger charge is -2.13. The topological polar surface area (TPSA) is 90.2 Å². The number of carbonyl (C=O) groups is 1. The Kier molecular flexibility index (Phi) is 5.43. The van der Waals surface area contributed by atoms with Crippen LogP contribution in [0.2, 0.25) is 0 Å². The van der Waals surface area contributed by atoms with Gasteiger partial charge in [-0.25, -0.2) is 17.6 Å². The summed E-state index contributed by atoms with van der Waals surface area (Å²) in [6, 6.07) is 16.5. The van der Waals surface area contributed by atoms with Crippen molar-refractivity contribution in [3.05, 3.63) is 94.2 Å². The van der Waals surface area contributed by atoms with E-state index in [4.69, 9.17) is 0 Å². The van der Waals surface area contributed by atoms with E-state index >= 15 is 0 Å². The maximum atomic E-state index is 13.9. The minimum Gasteiger partial charge on any atom is -0.295 e. The molecule has 3 aromatic carbocycles. The fourth-order valence-corrected chi connectivity index (χ4v) is 4.67. The van der Waals surface area contributed by atoms with Crippen LogP contribution < -0.4 is 10.4 Å². The molecule has 4 aromatic rings. The fourth-order valence-electron chi connectivity index (χ4n) is 3.57. The van der Waals surface area contributed by atoms with E-state index < -0.39 is 21.6 Å². The lowest BCUT2D eigenvalue weighted by molar-refractivity contribution is 0.0993. The van der Waals surface area contributed by atoms with E-state index in [-0.39, 0.29) is 28.3 Å². The van der Waals surface area contributed by atoms with Gasteiger partial charge in [-0.1, -0.05) is 30.3 Å². The minimum absolute atomic E-state index is 0.00287. The number of hydrogen-bond acceptors (Lipinski definition) is 4. The summed E-state index contributed by atoms with van der Waals surface area (Å²) in [6.07, 6.45) is -0.00287. The molecule has 0 aliphatic carbocycles. The SMILES string of the molecule is Cn1c(=O)n(C)c2cc(S(=O)(=O)Nc3ccc(F)cc3C(=O)Cc3ccccc3)ccc21. The molecular weight excluding hydrogens is 433 g/mol. The number of nitrogens with zero attached hydrogens (tertiary/aromatic N) is 2. The summed E-state index contributed by atoms with van der Waals surface area (Å²) in [5.41, 5.74) is 1.39. The highest BCUT2D eigenvalue weighted by Crippen LogP contribution is 2.25. The average molecular weight is 453 g/mol. The van der Waals surface area contributed by atoms with E-state index in [1.165, 1.54) is 33.4 Å². The summed E-state index contributed by atoms with van der Waals surface area (Å²) in [6.45, 7) is 0. The molecule has 0 unspecified atom stereocenters. The van der Waals surface area contributed by atoms with Crippen LogP contribution in [0.4, 0.5) is 10.1 Å². The second kappa shape index (κ2) is 8.08. The number of nitrogens with one attached hydrogen (secondary N) is 1. The third-order valence-corrected chi connectivity index (χ3v) is 6.65. The van der Waals surface area contributed by atoms with Crippen LogP contribution in [-0.4, -0.2) is 23.3 Å². The molecule has 0 atom stereocenters. The number of imidazole rings is 1. The number of carbonyl (C=O) groups excluding carboxylic acids is 1. The van der Waals surface area contributed by atoms with Gasteiger partial charge in [0, 0.05) is 26.1 Å². The van der Waals surface area contributed by atoms with Gasteiger partial charge in [0.2, 0.25) is 0 Å². The quantitative estimate of drug-likeness (QED) is 0.454. The van der Waals surface area contributed by atoms with Crippen molar-refractivity contribution in [2.45, 2.75) is 11.3 Å². The smallest absolute Gasteiger partial charge is 0.295 e. The molecule has 9 heteroatoms. The number of ketones is 1. The Bertz CT molecular complexity index is 1510. The third kappa shape index (κ3) is 3.94. The molecule has 32 heavy (non-hydrogen) atoms. The number of Topliss-reactive ketones (excluding diaryl/α,β-unsaturated/α-hetero) is 1. The molecule has 0 aliphatic rings. The van der Waals surface area contributed by atoms with E-state index in [9.17, 15) is 22.4 Å². The largest absolute Gasteiger partial charge is 0.328 e. The molecule has 0 aliphatic heterocycles. The van der Waals surface area contributed by atoms with Gasteiger partial charge in [-0.2, -0.15) is 0 Å². The maximum absolute atomic E-state index is 13.9. The molecular formula is C23H20FN3O4S. The maximum Gasteiger partial charge on any atom is 0.328 e. The second-order valence-corrected chi connectivity index (χ2v) is 9.11. The number of hydrogen-bond donors (Lipinski definition) is 1. The van der Waals surface area contributed by atoms with Crippen molar-refractivity contribution in [3.63, 3.8) is 0 Å². The highest BCUT2D eigenvalue weighted by atomic mass is 32.2. The molecule has 1 N–H and O–H groups in total. The second-order valence-electron chi connectivity index (χ2n) is 7.43. The van der Waals surface area contributed by atoms with Gasteiger partial charge in [-0.05, 0) is 42.0 Å². The average Bonchev–Trinajstić information content (AvgIpc) is 2.99.